The van der Waals surface area contributed by atoms with Crippen LogP contribution in [0, 0.1) is 0 Å². The summed E-state index contributed by atoms with van der Waals surface area (Å²) in [5.41, 5.74) is 12.7. The average molecular weight is 259 g/mol. The molecular formula is C12H13N5O2. The van der Waals surface area contributed by atoms with Crippen molar-refractivity contribution in [3.63, 3.8) is 0 Å². The topological polar surface area (TPSA) is 116 Å². The highest BCUT2D eigenvalue weighted by molar-refractivity contribution is 5.95. The van der Waals surface area contributed by atoms with Gasteiger partial charge in [0.05, 0.1) is 23.1 Å². The summed E-state index contributed by atoms with van der Waals surface area (Å²) in [6.45, 7) is 0. The van der Waals surface area contributed by atoms with E-state index in [-0.39, 0.29) is 11.5 Å². The largest absolute Gasteiger partial charge is 0.397 e. The number of carbonyl (C=O) groups is 2. The van der Waals surface area contributed by atoms with Gasteiger partial charge in [0.1, 0.15) is 0 Å². The minimum atomic E-state index is -0.563. The van der Waals surface area contributed by atoms with Gasteiger partial charge in [-0.1, -0.05) is 0 Å². The van der Waals surface area contributed by atoms with Crippen molar-refractivity contribution < 1.29 is 9.59 Å². The molecule has 5 N–H and O–H groups in total. The summed E-state index contributed by atoms with van der Waals surface area (Å²) in [5, 5.41) is 6.51. The zero-order chi connectivity index (χ0) is 14.0. The predicted octanol–water partition coefficient (Wildman–Crippen LogP) is -0.0870. The van der Waals surface area contributed by atoms with Crippen molar-refractivity contribution in [2.45, 2.75) is 0 Å². The van der Waals surface area contributed by atoms with Crippen LogP contribution in [0.3, 0.4) is 0 Å². The van der Waals surface area contributed by atoms with Gasteiger partial charge in [-0.25, -0.2) is 4.68 Å². The van der Waals surface area contributed by atoms with E-state index in [9.17, 15) is 9.59 Å². The summed E-state index contributed by atoms with van der Waals surface area (Å²) < 4.78 is 1.43. The van der Waals surface area contributed by atoms with Gasteiger partial charge in [0.15, 0.2) is 0 Å². The lowest BCUT2D eigenvalue weighted by Crippen LogP contribution is -2.18. The number of rotatable bonds is 3. The number of amides is 2. The lowest BCUT2D eigenvalue weighted by Gasteiger charge is -2.07. The molecule has 1 aromatic heterocycles. The Hall–Kier alpha value is -2.83. The average Bonchev–Trinajstić information content (AvgIpc) is 2.87. The molecule has 0 saturated carbocycles. The normalized spacial score (nSPS) is 10.2. The SMILES string of the molecule is CNC(=O)c1ccc(-n2cc(C(N)=O)cn2)c(N)c1. The number of nitrogens with zero attached hydrogens (tertiary/aromatic N) is 2. The molecule has 0 unspecified atom stereocenters. The number of primary amides is 1. The van der Waals surface area contributed by atoms with E-state index in [1.165, 1.54) is 17.1 Å². The van der Waals surface area contributed by atoms with Crippen LogP contribution in [0.2, 0.25) is 0 Å². The van der Waals surface area contributed by atoms with Gasteiger partial charge in [0, 0.05) is 18.8 Å². The van der Waals surface area contributed by atoms with Gasteiger partial charge in [0.25, 0.3) is 11.8 Å². The van der Waals surface area contributed by atoms with Crippen LogP contribution in [-0.2, 0) is 0 Å². The fourth-order valence-corrected chi connectivity index (χ4v) is 1.63. The summed E-state index contributed by atoms with van der Waals surface area (Å²) in [6, 6.07) is 4.81. The van der Waals surface area contributed by atoms with Crippen molar-refractivity contribution in [1.82, 2.24) is 15.1 Å². The van der Waals surface area contributed by atoms with Gasteiger partial charge in [-0.2, -0.15) is 5.10 Å². The molecule has 0 aliphatic heterocycles. The maximum Gasteiger partial charge on any atom is 0.251 e. The maximum atomic E-state index is 11.5. The Morgan fingerprint density at radius 3 is 2.58 bits per heavy atom. The van der Waals surface area contributed by atoms with Crippen LogP contribution in [0.4, 0.5) is 5.69 Å². The van der Waals surface area contributed by atoms with E-state index < -0.39 is 5.91 Å². The fraction of sp³-hybridized carbons (Fsp3) is 0.0833. The summed E-state index contributed by atoms with van der Waals surface area (Å²) in [7, 11) is 1.54. The molecule has 2 amide bonds. The highest BCUT2D eigenvalue weighted by Gasteiger charge is 2.10. The van der Waals surface area contributed by atoms with Crippen LogP contribution >= 0.6 is 0 Å². The fourth-order valence-electron chi connectivity index (χ4n) is 1.63. The molecule has 0 aliphatic carbocycles. The molecule has 0 atom stereocenters. The third kappa shape index (κ3) is 2.39. The number of benzene rings is 1. The number of nitrogens with two attached hydrogens (primary N) is 2. The summed E-state index contributed by atoms with van der Waals surface area (Å²) in [6.07, 6.45) is 2.84. The lowest BCUT2D eigenvalue weighted by atomic mass is 10.1. The molecule has 7 nitrogen and oxygen atoms in total. The smallest absolute Gasteiger partial charge is 0.251 e. The number of anilines is 1. The Bertz CT molecular complexity index is 647. The van der Waals surface area contributed by atoms with E-state index in [0.29, 0.717) is 16.9 Å². The van der Waals surface area contributed by atoms with Gasteiger partial charge < -0.3 is 16.8 Å². The standard InChI is InChI=1S/C12H13N5O2/c1-15-12(19)7-2-3-10(9(13)4-7)17-6-8(5-16-17)11(14)18/h2-6H,13H2,1H3,(H2,14,18)(H,15,19). The Morgan fingerprint density at radius 2 is 2.05 bits per heavy atom. The molecule has 0 saturated heterocycles. The summed E-state index contributed by atoms with van der Waals surface area (Å²) >= 11 is 0. The third-order valence-corrected chi connectivity index (χ3v) is 2.63. The molecule has 2 aromatic rings. The first kappa shape index (κ1) is 12.6. The van der Waals surface area contributed by atoms with E-state index in [1.54, 1.807) is 25.2 Å². The minimum Gasteiger partial charge on any atom is -0.397 e. The predicted molar refractivity (Wildman–Crippen MR) is 69.9 cm³/mol. The number of nitrogens with one attached hydrogen (secondary N) is 1. The van der Waals surface area contributed by atoms with Gasteiger partial charge >= 0.3 is 0 Å². The number of aromatic nitrogens is 2. The van der Waals surface area contributed by atoms with Crippen LogP contribution in [-0.4, -0.2) is 28.6 Å². The Labute approximate surface area is 109 Å². The summed E-state index contributed by atoms with van der Waals surface area (Å²) in [4.78, 5) is 22.5. The molecule has 98 valence electrons. The van der Waals surface area contributed by atoms with Crippen LogP contribution < -0.4 is 16.8 Å². The Morgan fingerprint density at radius 1 is 1.32 bits per heavy atom. The van der Waals surface area contributed by atoms with E-state index >= 15 is 0 Å². The first-order valence-corrected chi connectivity index (χ1v) is 5.49. The zero-order valence-corrected chi connectivity index (χ0v) is 10.3. The minimum absolute atomic E-state index is 0.225. The number of hydrogen-bond donors (Lipinski definition) is 3. The molecule has 0 spiro atoms. The van der Waals surface area contributed by atoms with E-state index in [2.05, 4.69) is 10.4 Å². The van der Waals surface area contributed by atoms with E-state index in [1.807, 2.05) is 0 Å². The van der Waals surface area contributed by atoms with Gasteiger partial charge in [-0.05, 0) is 18.2 Å². The molecular weight excluding hydrogens is 246 g/mol. The zero-order valence-electron chi connectivity index (χ0n) is 10.3. The lowest BCUT2D eigenvalue weighted by molar-refractivity contribution is 0.0961. The van der Waals surface area contributed by atoms with Gasteiger partial charge in [-0.3, -0.25) is 9.59 Å². The Balaban J connectivity index is 2.40. The quantitative estimate of drug-likeness (QED) is 0.668. The molecule has 1 heterocycles. The first-order valence-electron chi connectivity index (χ1n) is 5.49. The maximum absolute atomic E-state index is 11.5. The second-order valence-corrected chi connectivity index (χ2v) is 3.89. The van der Waals surface area contributed by atoms with E-state index in [0.717, 1.165) is 0 Å². The highest BCUT2D eigenvalue weighted by Crippen LogP contribution is 2.18. The molecule has 0 radical (unpaired) electrons. The molecule has 1 aromatic carbocycles. The summed E-state index contributed by atoms with van der Waals surface area (Å²) in [5.74, 6) is -0.789. The van der Waals surface area contributed by atoms with Gasteiger partial charge in [0.2, 0.25) is 0 Å². The second-order valence-electron chi connectivity index (χ2n) is 3.89. The van der Waals surface area contributed by atoms with Crippen LogP contribution in [0.25, 0.3) is 5.69 Å². The highest BCUT2D eigenvalue weighted by atomic mass is 16.1. The monoisotopic (exact) mass is 259 g/mol. The number of hydrogen-bond acceptors (Lipinski definition) is 4. The molecule has 7 heteroatoms. The van der Waals surface area contributed by atoms with Crippen LogP contribution in [0.15, 0.2) is 30.6 Å². The van der Waals surface area contributed by atoms with Crippen molar-refractivity contribution in [3.05, 3.63) is 41.7 Å². The van der Waals surface area contributed by atoms with Crippen molar-refractivity contribution >= 4 is 17.5 Å². The van der Waals surface area contributed by atoms with Crippen molar-refractivity contribution in [2.24, 2.45) is 5.73 Å². The van der Waals surface area contributed by atoms with Crippen molar-refractivity contribution in [2.75, 3.05) is 12.8 Å². The first-order chi connectivity index (χ1) is 9.02. The van der Waals surface area contributed by atoms with Crippen molar-refractivity contribution in [3.8, 4) is 5.69 Å². The van der Waals surface area contributed by atoms with Crippen molar-refractivity contribution in [1.29, 1.82) is 0 Å². The molecule has 0 bridgehead atoms. The van der Waals surface area contributed by atoms with Crippen LogP contribution in [0.5, 0.6) is 0 Å². The third-order valence-electron chi connectivity index (χ3n) is 2.63. The molecule has 2 rings (SSSR count). The Kier molecular flexibility index (Phi) is 3.19. The van der Waals surface area contributed by atoms with E-state index in [4.69, 9.17) is 11.5 Å². The van der Waals surface area contributed by atoms with Gasteiger partial charge in [-0.15, -0.1) is 0 Å². The number of carbonyl (C=O) groups excluding carboxylic acids is 2. The van der Waals surface area contributed by atoms with Crippen LogP contribution in [0.1, 0.15) is 20.7 Å². The molecule has 0 fully saturated rings. The number of nitrogen functional groups attached to an aromatic ring is 1. The molecule has 0 aliphatic rings. The second kappa shape index (κ2) is 4.81. The molecule has 19 heavy (non-hydrogen) atoms.